The van der Waals surface area contributed by atoms with Crippen LogP contribution in [0.15, 0.2) is 12.2 Å². The smallest absolute Gasteiger partial charge is 0.457 e. The van der Waals surface area contributed by atoms with E-state index in [0.717, 1.165) is 38.5 Å². The number of rotatable bonds is 39. The second kappa shape index (κ2) is 35.3. The van der Waals surface area contributed by atoms with Gasteiger partial charge in [0.25, 0.3) is 0 Å². The molecule has 0 fully saturated rings. The van der Waals surface area contributed by atoms with Crippen LogP contribution < -0.4 is 0 Å². The molecule has 50 heavy (non-hydrogen) atoms. The van der Waals surface area contributed by atoms with Gasteiger partial charge in [0.05, 0.1) is 34.4 Å². The van der Waals surface area contributed by atoms with E-state index in [-0.39, 0.29) is 25.8 Å². The van der Waals surface area contributed by atoms with Crippen molar-refractivity contribution in [3.63, 3.8) is 0 Å². The van der Waals surface area contributed by atoms with Crippen LogP contribution in [0, 0.1) is 0 Å². The normalized spacial score (nSPS) is 14.0. The zero-order chi connectivity index (χ0) is 37.0. The van der Waals surface area contributed by atoms with Gasteiger partial charge in [-0.2, -0.15) is 0 Å². The third-order valence-corrected chi connectivity index (χ3v) is 10.1. The van der Waals surface area contributed by atoms with E-state index >= 15 is 0 Å². The maximum Gasteiger partial charge on any atom is 0.472 e. The Hall–Kier alpha value is -0.760. The number of carbonyl (C=O) groups excluding carboxylic acids is 1. The fourth-order valence-corrected chi connectivity index (χ4v) is 6.52. The minimum atomic E-state index is -4.27. The molecule has 2 atom stereocenters. The molecule has 0 aliphatic heterocycles. The van der Waals surface area contributed by atoms with Crippen LogP contribution in [0.5, 0.6) is 0 Å². The number of phosphoric ester groups is 1. The van der Waals surface area contributed by atoms with Gasteiger partial charge in [0.2, 0.25) is 0 Å². The van der Waals surface area contributed by atoms with Gasteiger partial charge in [-0.25, -0.2) is 4.57 Å². The molecule has 0 aromatic rings. The van der Waals surface area contributed by atoms with E-state index in [9.17, 15) is 14.3 Å². The van der Waals surface area contributed by atoms with Crippen LogP contribution in [0.3, 0.4) is 0 Å². The number of hydrogen-bond donors (Lipinski definition) is 1. The fourth-order valence-electron chi connectivity index (χ4n) is 5.78. The first-order valence-corrected chi connectivity index (χ1v) is 22.4. The number of unbranched alkanes of at least 4 members (excludes halogenated alkanes) is 23. The first kappa shape index (κ1) is 49.2. The zero-order valence-electron chi connectivity index (χ0n) is 33.7. The highest BCUT2D eigenvalue weighted by Crippen LogP contribution is 2.43. The molecule has 0 bridgehead atoms. The summed E-state index contributed by atoms with van der Waals surface area (Å²) < 4.78 is 34.9. The number of quaternary nitrogens is 1. The Morgan fingerprint density at radius 2 is 1.04 bits per heavy atom. The van der Waals surface area contributed by atoms with Gasteiger partial charge in [0.15, 0.2) is 0 Å². The number of nitrogens with zero attached hydrogens (tertiary/aromatic N) is 1. The van der Waals surface area contributed by atoms with E-state index in [0.29, 0.717) is 24.1 Å². The molecule has 8 nitrogen and oxygen atoms in total. The quantitative estimate of drug-likeness (QED) is 0.0221. The summed E-state index contributed by atoms with van der Waals surface area (Å²) in [6.45, 7) is 5.63. The lowest BCUT2D eigenvalue weighted by molar-refractivity contribution is -0.870. The predicted octanol–water partition coefficient (Wildman–Crippen LogP) is 11.9. The standard InChI is InChI=1S/C41H82NO7P/c1-6-8-10-12-14-16-18-20-21-22-24-26-28-30-32-34-41(43)49-40(39-48-50(44,45)47-37-35-42(3,4)5)38-46-36-33-31-29-27-25-23-19-17-15-13-11-9-7-2/h20-21,40H,6-19,22-39H2,1-5H3/p+1/b21-20-. The Morgan fingerprint density at radius 3 is 1.52 bits per heavy atom. The molecular formula is C41H83NO7P+. The molecule has 0 amide bonds. The second-order valence-electron chi connectivity index (χ2n) is 15.4. The van der Waals surface area contributed by atoms with Gasteiger partial charge in [-0.3, -0.25) is 13.8 Å². The van der Waals surface area contributed by atoms with Crippen LogP contribution in [0.4, 0.5) is 0 Å². The Morgan fingerprint density at radius 1 is 0.600 bits per heavy atom. The minimum Gasteiger partial charge on any atom is -0.457 e. The van der Waals surface area contributed by atoms with Gasteiger partial charge in [-0.05, 0) is 38.5 Å². The average Bonchev–Trinajstić information content (AvgIpc) is 3.06. The number of carbonyl (C=O) groups is 1. The predicted molar refractivity (Wildman–Crippen MR) is 210 cm³/mol. The first-order valence-electron chi connectivity index (χ1n) is 20.9. The molecule has 1 N–H and O–H groups in total. The number of esters is 1. The van der Waals surface area contributed by atoms with Crippen LogP contribution in [-0.4, -0.2) is 75.6 Å². The average molecular weight is 733 g/mol. The summed E-state index contributed by atoms with van der Waals surface area (Å²) in [5.74, 6) is -0.320. The van der Waals surface area contributed by atoms with Crippen molar-refractivity contribution in [1.82, 2.24) is 0 Å². The van der Waals surface area contributed by atoms with Crippen molar-refractivity contribution in [1.29, 1.82) is 0 Å². The summed E-state index contributed by atoms with van der Waals surface area (Å²) in [6, 6.07) is 0. The van der Waals surface area contributed by atoms with Gasteiger partial charge < -0.3 is 18.9 Å². The molecule has 2 unspecified atom stereocenters. The number of hydrogen-bond acceptors (Lipinski definition) is 6. The lowest BCUT2D eigenvalue weighted by atomic mass is 10.0. The number of likely N-dealkylation sites (N-methyl/N-ethyl adjacent to an activating group) is 1. The molecule has 0 spiro atoms. The highest BCUT2D eigenvalue weighted by molar-refractivity contribution is 7.47. The third-order valence-electron chi connectivity index (χ3n) is 9.08. The summed E-state index contributed by atoms with van der Waals surface area (Å²) in [5.41, 5.74) is 0. The van der Waals surface area contributed by atoms with Gasteiger partial charge in [0, 0.05) is 13.0 Å². The number of phosphoric acid groups is 1. The maximum atomic E-state index is 12.6. The number of allylic oxidation sites excluding steroid dienone is 2. The maximum absolute atomic E-state index is 12.6. The van der Waals surface area contributed by atoms with Crippen molar-refractivity contribution < 1.29 is 37.3 Å². The van der Waals surface area contributed by atoms with Crippen LogP contribution in [0.1, 0.15) is 187 Å². The van der Waals surface area contributed by atoms with E-state index in [2.05, 4.69) is 26.0 Å². The van der Waals surface area contributed by atoms with Gasteiger partial charge in [0.1, 0.15) is 19.3 Å². The monoisotopic (exact) mass is 733 g/mol. The largest absolute Gasteiger partial charge is 0.472 e. The minimum absolute atomic E-state index is 0.0900. The molecule has 0 aliphatic carbocycles. The molecule has 0 aliphatic rings. The Kier molecular flexibility index (Phi) is 34.7. The van der Waals surface area contributed by atoms with Crippen LogP contribution in [0.2, 0.25) is 0 Å². The molecule has 0 saturated carbocycles. The topological polar surface area (TPSA) is 91.3 Å². The first-order chi connectivity index (χ1) is 24.1. The molecule has 0 aromatic carbocycles. The molecule has 298 valence electrons. The van der Waals surface area contributed by atoms with E-state index in [1.807, 2.05) is 21.1 Å². The molecule has 9 heteroatoms. The molecule has 0 heterocycles. The van der Waals surface area contributed by atoms with Crippen LogP contribution in [-0.2, 0) is 27.9 Å². The van der Waals surface area contributed by atoms with Crippen molar-refractivity contribution in [2.75, 3.05) is 54.1 Å². The summed E-state index contributed by atoms with van der Waals surface area (Å²) in [5, 5.41) is 0. The van der Waals surface area contributed by atoms with Crippen LogP contribution in [0.25, 0.3) is 0 Å². The Bertz CT molecular complexity index is 817. The van der Waals surface area contributed by atoms with E-state index in [4.69, 9.17) is 18.5 Å². The third kappa shape index (κ3) is 38.5. The van der Waals surface area contributed by atoms with Crippen molar-refractivity contribution in [3.05, 3.63) is 12.2 Å². The van der Waals surface area contributed by atoms with Crippen molar-refractivity contribution in [2.24, 2.45) is 0 Å². The molecule has 0 rings (SSSR count). The highest BCUT2D eigenvalue weighted by Gasteiger charge is 2.26. The molecule has 0 saturated heterocycles. The van der Waals surface area contributed by atoms with E-state index < -0.39 is 13.9 Å². The molecule has 0 radical (unpaired) electrons. The van der Waals surface area contributed by atoms with Gasteiger partial charge in [-0.15, -0.1) is 0 Å². The number of ether oxygens (including phenoxy) is 2. The highest BCUT2D eigenvalue weighted by atomic mass is 31.2. The van der Waals surface area contributed by atoms with Gasteiger partial charge in [-0.1, -0.05) is 154 Å². The summed E-state index contributed by atoms with van der Waals surface area (Å²) in [6.07, 6.45) is 36.6. The SMILES string of the molecule is CCCCCCCC/C=C\CCCCCCCC(=O)OC(COCCCCCCCCCCCCCCC)COP(=O)(O)OCC[N+](C)(C)C. The zero-order valence-corrected chi connectivity index (χ0v) is 34.5. The second-order valence-corrected chi connectivity index (χ2v) is 16.8. The van der Waals surface area contributed by atoms with Crippen molar-refractivity contribution >= 4 is 13.8 Å². The van der Waals surface area contributed by atoms with E-state index in [1.54, 1.807) is 0 Å². The van der Waals surface area contributed by atoms with E-state index in [1.165, 1.54) is 128 Å². The Balaban J connectivity index is 4.26. The summed E-state index contributed by atoms with van der Waals surface area (Å²) in [7, 11) is 1.67. The summed E-state index contributed by atoms with van der Waals surface area (Å²) in [4.78, 5) is 22.8. The van der Waals surface area contributed by atoms with Crippen molar-refractivity contribution in [3.8, 4) is 0 Å². The van der Waals surface area contributed by atoms with Gasteiger partial charge >= 0.3 is 13.8 Å². The lowest BCUT2D eigenvalue weighted by Gasteiger charge is -2.24. The summed E-state index contributed by atoms with van der Waals surface area (Å²) >= 11 is 0. The molecular weight excluding hydrogens is 649 g/mol. The van der Waals surface area contributed by atoms with Crippen molar-refractivity contribution in [2.45, 2.75) is 193 Å². The molecule has 0 aromatic heterocycles. The Labute approximate surface area is 310 Å². The fraction of sp³-hybridized carbons (Fsp3) is 0.927. The van der Waals surface area contributed by atoms with Crippen LogP contribution >= 0.6 is 7.82 Å². The lowest BCUT2D eigenvalue weighted by Crippen LogP contribution is -2.37.